The highest BCUT2D eigenvalue weighted by Crippen LogP contribution is 2.31. The first-order valence-corrected chi connectivity index (χ1v) is 10.6. The highest BCUT2D eigenvalue weighted by Gasteiger charge is 2.26. The molecule has 1 amide bonds. The van der Waals surface area contributed by atoms with Gasteiger partial charge in [0.15, 0.2) is 12.6 Å². The highest BCUT2D eigenvalue weighted by molar-refractivity contribution is 14.0. The number of anilines is 1. The summed E-state index contributed by atoms with van der Waals surface area (Å²) in [5, 5.41) is 7.74. The second-order valence-electron chi connectivity index (χ2n) is 7.96. The summed E-state index contributed by atoms with van der Waals surface area (Å²) in [6.45, 7) is 3.55. The van der Waals surface area contributed by atoms with Crippen molar-refractivity contribution in [3.8, 4) is 5.75 Å². The number of hydrogen-bond donors (Lipinski definition) is 1. The number of ether oxygens (including phenoxy) is 1. The summed E-state index contributed by atoms with van der Waals surface area (Å²) in [7, 11) is 3.79. The van der Waals surface area contributed by atoms with E-state index < -0.39 is 0 Å². The molecule has 3 heterocycles. The van der Waals surface area contributed by atoms with E-state index in [4.69, 9.17) is 4.74 Å². The summed E-state index contributed by atoms with van der Waals surface area (Å²) < 4.78 is 7.37. The summed E-state index contributed by atoms with van der Waals surface area (Å²) in [5.74, 6) is 2.35. The lowest BCUT2D eigenvalue weighted by atomic mass is 10.0. The molecule has 0 radical (unpaired) electrons. The van der Waals surface area contributed by atoms with Crippen LogP contribution in [0.2, 0.25) is 0 Å². The molecule has 1 atom stereocenters. The van der Waals surface area contributed by atoms with Gasteiger partial charge in [0.05, 0.1) is 11.9 Å². The van der Waals surface area contributed by atoms with Crippen molar-refractivity contribution in [2.75, 3.05) is 44.7 Å². The smallest absolute Gasteiger partial charge is 0.265 e. The van der Waals surface area contributed by atoms with E-state index in [1.807, 2.05) is 54.1 Å². The molecule has 9 heteroatoms. The van der Waals surface area contributed by atoms with Crippen LogP contribution in [0.4, 0.5) is 5.69 Å². The van der Waals surface area contributed by atoms with Gasteiger partial charge in [-0.1, -0.05) is 12.1 Å². The maximum absolute atomic E-state index is 12.3. The Bertz CT molecular complexity index is 915. The van der Waals surface area contributed by atoms with Crippen LogP contribution >= 0.6 is 24.0 Å². The van der Waals surface area contributed by atoms with Crippen LogP contribution in [0.3, 0.4) is 0 Å². The van der Waals surface area contributed by atoms with E-state index in [2.05, 4.69) is 26.5 Å². The number of aliphatic imine (C=N–C) groups is 1. The van der Waals surface area contributed by atoms with Crippen molar-refractivity contribution >= 4 is 41.5 Å². The molecule has 1 aromatic heterocycles. The Hall–Kier alpha value is -2.30. The fraction of sp³-hybridized carbons (Fsp3) is 0.500. The number of para-hydroxylation sites is 2. The van der Waals surface area contributed by atoms with Crippen LogP contribution in [0, 0.1) is 5.92 Å². The molecular weight excluding hydrogens is 507 g/mol. The van der Waals surface area contributed by atoms with Crippen LogP contribution in [0.1, 0.15) is 18.4 Å². The van der Waals surface area contributed by atoms with Crippen LogP contribution in [-0.2, 0) is 18.3 Å². The number of rotatable bonds is 6. The summed E-state index contributed by atoms with van der Waals surface area (Å²) in [5.41, 5.74) is 2.15. The predicted molar refractivity (Wildman–Crippen MR) is 132 cm³/mol. The molecule has 4 rings (SSSR count). The van der Waals surface area contributed by atoms with Gasteiger partial charge in [-0.25, -0.2) is 0 Å². The number of carbonyl (C=O) groups excluding carboxylic acids is 1. The first-order chi connectivity index (χ1) is 14.6. The number of aromatic nitrogens is 2. The zero-order valence-corrected chi connectivity index (χ0v) is 20.5. The molecule has 8 nitrogen and oxygen atoms in total. The van der Waals surface area contributed by atoms with Crippen LogP contribution in [0.15, 0.2) is 41.7 Å². The number of aryl methyl sites for hydroxylation is 1. The Labute approximate surface area is 200 Å². The van der Waals surface area contributed by atoms with Crippen LogP contribution in [-0.4, -0.2) is 66.4 Å². The van der Waals surface area contributed by atoms with Crippen molar-refractivity contribution in [2.45, 2.75) is 19.3 Å². The van der Waals surface area contributed by atoms with Crippen molar-refractivity contribution in [3.05, 3.63) is 42.2 Å². The summed E-state index contributed by atoms with van der Waals surface area (Å²) >= 11 is 0. The lowest BCUT2D eigenvalue weighted by molar-refractivity contribution is -0.121. The third kappa shape index (κ3) is 5.69. The molecule has 0 spiro atoms. The highest BCUT2D eigenvalue weighted by atomic mass is 127. The second-order valence-corrected chi connectivity index (χ2v) is 7.96. The van der Waals surface area contributed by atoms with Crippen molar-refractivity contribution < 1.29 is 9.53 Å². The van der Waals surface area contributed by atoms with Gasteiger partial charge in [0.2, 0.25) is 0 Å². The molecule has 1 saturated heterocycles. The first-order valence-electron chi connectivity index (χ1n) is 10.6. The Morgan fingerprint density at radius 1 is 1.35 bits per heavy atom. The van der Waals surface area contributed by atoms with E-state index in [-0.39, 0.29) is 36.5 Å². The minimum atomic E-state index is 0. The lowest BCUT2D eigenvalue weighted by Gasteiger charge is -2.29. The van der Waals surface area contributed by atoms with Gasteiger partial charge in [-0.05, 0) is 42.9 Å². The molecule has 0 saturated carbocycles. The number of nitrogens with zero attached hydrogens (tertiary/aromatic N) is 5. The minimum Gasteiger partial charge on any atom is -0.482 e. The van der Waals surface area contributed by atoms with Crippen LogP contribution in [0.5, 0.6) is 5.75 Å². The Morgan fingerprint density at radius 3 is 2.97 bits per heavy atom. The SMILES string of the molecule is CN=C(NCCCN1C(=O)COc2ccccc21)N1CCC(Cc2cnn(C)c2)C1.I. The predicted octanol–water partition coefficient (Wildman–Crippen LogP) is 2.29. The number of nitrogens with one attached hydrogen (secondary N) is 1. The van der Waals surface area contributed by atoms with E-state index in [0.717, 1.165) is 56.3 Å². The van der Waals surface area contributed by atoms with E-state index >= 15 is 0 Å². The fourth-order valence-electron chi connectivity index (χ4n) is 4.27. The number of carbonyl (C=O) groups is 1. The molecule has 1 N–H and O–H groups in total. The van der Waals surface area contributed by atoms with Gasteiger partial charge in [-0.3, -0.25) is 14.5 Å². The molecular formula is C22H31IN6O2. The first kappa shape index (κ1) is 23.4. The van der Waals surface area contributed by atoms with Gasteiger partial charge in [-0.15, -0.1) is 24.0 Å². The van der Waals surface area contributed by atoms with Gasteiger partial charge >= 0.3 is 0 Å². The topological polar surface area (TPSA) is 75.0 Å². The van der Waals surface area contributed by atoms with E-state index in [1.54, 1.807) is 0 Å². The number of amides is 1. The van der Waals surface area contributed by atoms with Gasteiger partial charge in [0.1, 0.15) is 5.75 Å². The second kappa shape index (κ2) is 10.8. The van der Waals surface area contributed by atoms with Crippen molar-refractivity contribution in [1.29, 1.82) is 0 Å². The fourth-order valence-corrected chi connectivity index (χ4v) is 4.27. The molecule has 2 aliphatic rings. The molecule has 2 aliphatic heterocycles. The number of hydrogen-bond acceptors (Lipinski definition) is 4. The van der Waals surface area contributed by atoms with Crippen molar-refractivity contribution in [1.82, 2.24) is 20.0 Å². The van der Waals surface area contributed by atoms with Gasteiger partial charge in [0, 0.05) is 46.5 Å². The van der Waals surface area contributed by atoms with Gasteiger partial charge < -0.3 is 19.9 Å². The molecule has 0 aliphatic carbocycles. The molecule has 1 fully saturated rings. The maximum atomic E-state index is 12.3. The van der Waals surface area contributed by atoms with E-state index in [0.29, 0.717) is 12.5 Å². The number of likely N-dealkylation sites (tertiary alicyclic amines) is 1. The number of halogens is 1. The monoisotopic (exact) mass is 538 g/mol. The summed E-state index contributed by atoms with van der Waals surface area (Å²) in [4.78, 5) is 20.9. The average molecular weight is 538 g/mol. The average Bonchev–Trinajstić information content (AvgIpc) is 3.38. The third-order valence-corrected chi connectivity index (χ3v) is 5.73. The molecule has 31 heavy (non-hydrogen) atoms. The lowest BCUT2D eigenvalue weighted by Crippen LogP contribution is -2.43. The molecule has 1 unspecified atom stereocenters. The quantitative estimate of drug-likeness (QED) is 0.265. The normalized spacial score (nSPS) is 18.5. The Balaban J connectivity index is 0.00000272. The largest absolute Gasteiger partial charge is 0.482 e. The van der Waals surface area contributed by atoms with Crippen molar-refractivity contribution in [2.24, 2.45) is 18.0 Å². The third-order valence-electron chi connectivity index (χ3n) is 5.73. The minimum absolute atomic E-state index is 0. The standard InChI is InChI=1S/C22H30N6O2.HI/c1-23-22(27-11-8-17(15-27)12-18-13-25-26(2)14-18)24-9-5-10-28-19-6-3-4-7-20(19)30-16-21(28)29;/h3-4,6-7,13-14,17H,5,8-12,15-16H2,1-2H3,(H,23,24);1H. The molecule has 2 aromatic rings. The molecule has 1 aromatic carbocycles. The summed E-state index contributed by atoms with van der Waals surface area (Å²) in [6.07, 6.45) is 7.11. The number of guanidine groups is 1. The van der Waals surface area contributed by atoms with E-state index in [9.17, 15) is 4.79 Å². The zero-order chi connectivity index (χ0) is 20.9. The zero-order valence-electron chi connectivity index (χ0n) is 18.2. The molecule has 168 valence electrons. The van der Waals surface area contributed by atoms with E-state index in [1.165, 1.54) is 5.56 Å². The Morgan fingerprint density at radius 2 is 2.19 bits per heavy atom. The number of fused-ring (bicyclic) bond motifs is 1. The maximum Gasteiger partial charge on any atom is 0.265 e. The summed E-state index contributed by atoms with van der Waals surface area (Å²) in [6, 6.07) is 7.70. The van der Waals surface area contributed by atoms with Gasteiger partial charge in [-0.2, -0.15) is 5.10 Å². The molecule has 0 bridgehead atoms. The van der Waals surface area contributed by atoms with Crippen LogP contribution < -0.4 is 15.0 Å². The van der Waals surface area contributed by atoms with Crippen LogP contribution in [0.25, 0.3) is 0 Å². The van der Waals surface area contributed by atoms with Gasteiger partial charge in [0.25, 0.3) is 5.91 Å². The Kier molecular flexibility index (Phi) is 8.16. The number of benzene rings is 1. The van der Waals surface area contributed by atoms with Crippen molar-refractivity contribution in [3.63, 3.8) is 0 Å².